The summed E-state index contributed by atoms with van der Waals surface area (Å²) in [6.07, 6.45) is -4.38. The fraction of sp³-hybridized carbons (Fsp3) is 0.333. The van der Waals surface area contributed by atoms with Crippen molar-refractivity contribution in [3.05, 3.63) is 35.4 Å². The van der Waals surface area contributed by atoms with Crippen LogP contribution in [0.25, 0.3) is 0 Å². The van der Waals surface area contributed by atoms with E-state index in [0.717, 1.165) is 12.1 Å². The van der Waals surface area contributed by atoms with Crippen LogP contribution in [-0.4, -0.2) is 30.8 Å². The molecule has 0 aromatic heterocycles. The Balaban J connectivity index is 2.24. The van der Waals surface area contributed by atoms with Gasteiger partial charge in [-0.2, -0.15) is 13.2 Å². The van der Waals surface area contributed by atoms with Gasteiger partial charge in [-0.3, -0.25) is 4.79 Å². The van der Waals surface area contributed by atoms with Crippen molar-refractivity contribution in [1.29, 1.82) is 0 Å². The molecule has 1 N–H and O–H groups in total. The van der Waals surface area contributed by atoms with Crippen molar-refractivity contribution < 1.29 is 27.0 Å². The highest BCUT2D eigenvalue weighted by Gasteiger charge is 2.33. The quantitative estimate of drug-likeness (QED) is 0.849. The topological polar surface area (TPSA) is 49.2 Å². The molecule has 1 heterocycles. The highest BCUT2D eigenvalue weighted by molar-refractivity contribution is 6.78. The van der Waals surface area contributed by atoms with Gasteiger partial charge in [0.1, 0.15) is 6.54 Å². The molecule has 106 valence electrons. The molecule has 0 bridgehead atoms. The third kappa shape index (κ3) is 3.01. The maximum atomic E-state index is 12.4. The van der Waals surface area contributed by atoms with Crippen LogP contribution in [0.15, 0.2) is 24.3 Å². The predicted octanol–water partition coefficient (Wildman–Crippen LogP) is 1.94. The maximum absolute atomic E-state index is 12.4. The van der Waals surface area contributed by atoms with Gasteiger partial charge in [-0.05, 0) is 12.1 Å². The molecule has 4 nitrogen and oxygen atoms in total. The first-order valence-electron chi connectivity index (χ1n) is 5.87. The first-order chi connectivity index (χ1) is 9.29. The van der Waals surface area contributed by atoms with Crippen LogP contribution in [0.2, 0.25) is 6.55 Å². The molecule has 2 amide bonds. The third-order valence-electron chi connectivity index (χ3n) is 3.06. The smallest absolute Gasteiger partial charge is 0.338 e. The molecule has 0 saturated heterocycles. The average molecular weight is 301 g/mol. The summed E-state index contributed by atoms with van der Waals surface area (Å²) in [7, 11) is -1.68. The molecule has 2 rings (SSSR count). The van der Waals surface area contributed by atoms with E-state index in [1.54, 1.807) is 6.55 Å². The molecular weight excluding hydrogens is 289 g/mol. The average Bonchev–Trinajstić information content (AvgIpc) is 2.39. The van der Waals surface area contributed by atoms with Gasteiger partial charge in [-0.1, -0.05) is 12.1 Å². The first kappa shape index (κ1) is 14.6. The van der Waals surface area contributed by atoms with E-state index in [1.807, 2.05) is 0 Å². The molecule has 0 radical (unpaired) electrons. The Labute approximate surface area is 114 Å². The van der Waals surface area contributed by atoms with Crippen molar-refractivity contribution >= 4 is 20.0 Å². The fourth-order valence-corrected chi connectivity index (χ4v) is 3.34. The maximum Gasteiger partial charge on any atom is 0.443 e. The van der Waals surface area contributed by atoms with E-state index in [0.29, 0.717) is 5.56 Å². The van der Waals surface area contributed by atoms with E-state index in [1.165, 1.54) is 16.4 Å². The van der Waals surface area contributed by atoms with Gasteiger partial charge in [0, 0.05) is 12.1 Å². The first-order valence-corrected chi connectivity index (χ1v) is 7.82. The Morgan fingerprint density at radius 3 is 2.40 bits per heavy atom. The summed E-state index contributed by atoms with van der Waals surface area (Å²) in [6.45, 7) is 1.79. The second kappa shape index (κ2) is 5.27. The number of benzene rings is 1. The van der Waals surface area contributed by atoms with Crippen molar-refractivity contribution in [2.24, 2.45) is 0 Å². The van der Waals surface area contributed by atoms with Crippen LogP contribution < -0.4 is 5.32 Å². The molecule has 1 aromatic carbocycles. The van der Waals surface area contributed by atoms with E-state index in [9.17, 15) is 22.8 Å². The van der Waals surface area contributed by atoms with Crippen LogP contribution in [0.4, 0.5) is 18.0 Å². The van der Waals surface area contributed by atoms with Crippen LogP contribution in [-0.2, 0) is 17.5 Å². The summed E-state index contributed by atoms with van der Waals surface area (Å²) >= 11 is 0. The lowest BCUT2D eigenvalue weighted by Gasteiger charge is -2.12. The van der Waals surface area contributed by atoms with Gasteiger partial charge in [0.25, 0.3) is 5.53 Å². The molecule has 8 heteroatoms. The molecule has 0 spiro atoms. The summed E-state index contributed by atoms with van der Waals surface area (Å²) in [6, 6.07) is 4.62. The van der Waals surface area contributed by atoms with Crippen molar-refractivity contribution in [3.63, 3.8) is 0 Å². The van der Waals surface area contributed by atoms with E-state index in [-0.39, 0.29) is 24.5 Å². The Morgan fingerprint density at radius 1 is 1.25 bits per heavy atom. The minimum absolute atomic E-state index is 0.0541. The standard InChI is InChI=1S/C12H11F3N2O2Si/c1-20-11(19)16-6-10(18)17(20)7-8-2-4-9(5-3-8)12(13,14)15/h2-5H,6-7H2,1H3/p+1. The molecule has 0 fully saturated rings. The van der Waals surface area contributed by atoms with Gasteiger partial charge in [0.05, 0.1) is 5.56 Å². The van der Waals surface area contributed by atoms with Crippen LogP contribution in [0.5, 0.6) is 0 Å². The van der Waals surface area contributed by atoms with E-state index >= 15 is 0 Å². The van der Waals surface area contributed by atoms with Gasteiger partial charge in [0.2, 0.25) is 0 Å². The molecular formula is C12H12F3N2O2Si+. The molecule has 1 aliphatic rings. The molecule has 0 aliphatic carbocycles. The molecule has 0 unspecified atom stereocenters. The van der Waals surface area contributed by atoms with Gasteiger partial charge in [-0.25, -0.2) is 9.01 Å². The summed E-state index contributed by atoms with van der Waals surface area (Å²) in [5.74, 6) is -0.208. The molecule has 0 saturated carbocycles. The number of amides is 2. The van der Waals surface area contributed by atoms with E-state index < -0.39 is 20.3 Å². The molecule has 0 atom stereocenters. The number of carbonyl (C=O) groups excluding carboxylic acids is 2. The van der Waals surface area contributed by atoms with Crippen LogP contribution in [0.3, 0.4) is 0 Å². The van der Waals surface area contributed by atoms with Crippen LogP contribution in [0, 0.1) is 0 Å². The number of halogens is 3. The van der Waals surface area contributed by atoms with Gasteiger partial charge >= 0.3 is 20.7 Å². The van der Waals surface area contributed by atoms with Crippen LogP contribution in [0.1, 0.15) is 11.1 Å². The second-order valence-corrected chi connectivity index (χ2v) is 6.61. The monoisotopic (exact) mass is 301 g/mol. The predicted molar refractivity (Wildman–Crippen MR) is 65.4 cm³/mol. The molecule has 1 aliphatic heterocycles. The highest BCUT2D eigenvalue weighted by atomic mass is 28.2. The lowest BCUT2D eigenvalue weighted by atomic mass is 10.1. The number of nitrogens with one attached hydrogen (secondary N) is 1. The Hall–Kier alpha value is -1.83. The van der Waals surface area contributed by atoms with E-state index in [4.69, 9.17) is 0 Å². The number of alkyl halides is 3. The highest BCUT2D eigenvalue weighted by Crippen LogP contribution is 2.29. The SMILES string of the molecule is C[Si]1=[N+](Cc2ccc(C(F)(F)F)cc2)C(=O)CNC1=O. The Morgan fingerprint density at radius 2 is 1.85 bits per heavy atom. The van der Waals surface area contributed by atoms with E-state index in [2.05, 4.69) is 5.32 Å². The summed E-state index contributed by atoms with van der Waals surface area (Å²) in [5.41, 5.74) is -0.321. The lowest BCUT2D eigenvalue weighted by molar-refractivity contribution is -0.454. The Bertz CT molecular complexity index is 594. The largest absolute Gasteiger partial charge is 0.443 e. The number of rotatable bonds is 2. The zero-order chi connectivity index (χ0) is 14.9. The van der Waals surface area contributed by atoms with Crippen molar-refractivity contribution in [3.8, 4) is 0 Å². The minimum Gasteiger partial charge on any atom is -0.338 e. The molecule has 1 aromatic rings. The lowest BCUT2D eigenvalue weighted by Crippen LogP contribution is -2.49. The zero-order valence-corrected chi connectivity index (χ0v) is 11.6. The number of carbonyl (C=O) groups is 2. The van der Waals surface area contributed by atoms with Gasteiger partial charge in [0.15, 0.2) is 6.54 Å². The summed E-state index contributed by atoms with van der Waals surface area (Å²) < 4.78 is 38.8. The van der Waals surface area contributed by atoms with Crippen LogP contribution >= 0.6 is 0 Å². The number of hydrogen-bond acceptors (Lipinski definition) is 2. The summed E-state index contributed by atoms with van der Waals surface area (Å²) in [4.78, 5) is 23.3. The number of hydrogen-bond donors (Lipinski definition) is 1. The fourth-order valence-electron chi connectivity index (χ4n) is 1.88. The Kier molecular flexibility index (Phi) is 3.84. The van der Waals surface area contributed by atoms with Gasteiger partial charge in [-0.15, -0.1) is 0 Å². The third-order valence-corrected chi connectivity index (χ3v) is 5.11. The zero-order valence-electron chi connectivity index (χ0n) is 10.6. The second-order valence-electron chi connectivity index (χ2n) is 4.44. The van der Waals surface area contributed by atoms with Crippen molar-refractivity contribution in [2.45, 2.75) is 19.3 Å². The minimum atomic E-state index is -4.38. The van der Waals surface area contributed by atoms with Gasteiger partial charge < -0.3 is 5.32 Å². The number of nitrogens with zero attached hydrogens (tertiary/aromatic N) is 1. The normalized spacial score (nSPS) is 16.4. The summed E-state index contributed by atoms with van der Waals surface area (Å²) in [5, 5.41) is 2.49. The molecule has 20 heavy (non-hydrogen) atoms. The van der Waals surface area contributed by atoms with Crippen molar-refractivity contribution in [2.75, 3.05) is 6.54 Å². The van der Waals surface area contributed by atoms with Crippen molar-refractivity contribution in [1.82, 2.24) is 5.32 Å².